The molecule has 0 bridgehead atoms. The van der Waals surface area contributed by atoms with Crippen LogP contribution in [0.15, 0.2) is 18.2 Å². The normalized spacial score (nSPS) is 19.0. The van der Waals surface area contributed by atoms with Crippen LogP contribution in [0.5, 0.6) is 0 Å². The number of nitrogens with one attached hydrogen (secondary N) is 2. The van der Waals surface area contributed by atoms with Crippen molar-refractivity contribution in [1.29, 1.82) is 0 Å². The van der Waals surface area contributed by atoms with E-state index in [1.807, 2.05) is 19.1 Å². The Labute approximate surface area is 131 Å². The number of piperazine rings is 1. The van der Waals surface area contributed by atoms with E-state index in [9.17, 15) is 4.79 Å². The standard InChI is InChI=1S/C16H24ClN3O/c1-4-14-16(21)18-8-9-20(14)15-7-5-6-13(17)12(15)10-19-11(2)3/h5-7,11,14,19H,4,8-10H2,1-3H3,(H,18,21). The molecule has 1 aliphatic rings. The highest BCUT2D eigenvalue weighted by molar-refractivity contribution is 6.31. The predicted octanol–water partition coefficient (Wildman–Crippen LogP) is 2.55. The van der Waals surface area contributed by atoms with E-state index in [0.717, 1.165) is 29.2 Å². The highest BCUT2D eigenvalue weighted by Gasteiger charge is 2.29. The molecule has 1 aromatic carbocycles. The van der Waals surface area contributed by atoms with Gasteiger partial charge in [-0.15, -0.1) is 0 Å². The Kier molecular flexibility index (Phi) is 5.48. The number of halogens is 1. The van der Waals surface area contributed by atoms with Crippen LogP contribution < -0.4 is 15.5 Å². The molecular formula is C16H24ClN3O. The van der Waals surface area contributed by atoms with Gasteiger partial charge in [-0.25, -0.2) is 0 Å². The monoisotopic (exact) mass is 309 g/mol. The molecule has 1 saturated heterocycles. The number of benzene rings is 1. The van der Waals surface area contributed by atoms with Gasteiger partial charge >= 0.3 is 0 Å². The van der Waals surface area contributed by atoms with Crippen LogP contribution >= 0.6 is 11.6 Å². The molecule has 0 radical (unpaired) electrons. The Morgan fingerprint density at radius 2 is 2.24 bits per heavy atom. The second-order valence-corrected chi connectivity index (χ2v) is 6.09. The van der Waals surface area contributed by atoms with Crippen LogP contribution in [-0.2, 0) is 11.3 Å². The van der Waals surface area contributed by atoms with Gasteiger partial charge in [-0.1, -0.05) is 38.4 Å². The van der Waals surface area contributed by atoms with Crippen molar-refractivity contribution in [1.82, 2.24) is 10.6 Å². The first-order valence-electron chi connectivity index (χ1n) is 7.59. The number of carbonyl (C=O) groups excluding carboxylic acids is 1. The lowest BCUT2D eigenvalue weighted by atomic mass is 10.0. The average Bonchev–Trinajstić information content (AvgIpc) is 2.45. The van der Waals surface area contributed by atoms with Gasteiger partial charge in [-0.2, -0.15) is 0 Å². The van der Waals surface area contributed by atoms with Gasteiger partial charge in [0, 0.05) is 41.9 Å². The molecule has 0 aromatic heterocycles. The van der Waals surface area contributed by atoms with Crippen molar-refractivity contribution in [2.75, 3.05) is 18.0 Å². The van der Waals surface area contributed by atoms with E-state index >= 15 is 0 Å². The smallest absolute Gasteiger partial charge is 0.242 e. The summed E-state index contributed by atoms with van der Waals surface area (Å²) in [6.07, 6.45) is 0.787. The zero-order valence-corrected chi connectivity index (χ0v) is 13.7. The minimum Gasteiger partial charge on any atom is -0.357 e. The molecule has 0 aliphatic carbocycles. The number of hydrogen-bond donors (Lipinski definition) is 2. The molecule has 21 heavy (non-hydrogen) atoms. The van der Waals surface area contributed by atoms with Gasteiger partial charge in [0.1, 0.15) is 6.04 Å². The summed E-state index contributed by atoms with van der Waals surface area (Å²) < 4.78 is 0. The lowest BCUT2D eigenvalue weighted by molar-refractivity contribution is -0.123. The highest BCUT2D eigenvalue weighted by atomic mass is 35.5. The van der Waals surface area contributed by atoms with Crippen molar-refractivity contribution in [3.63, 3.8) is 0 Å². The average molecular weight is 310 g/mol. The van der Waals surface area contributed by atoms with E-state index in [4.69, 9.17) is 11.6 Å². The summed E-state index contributed by atoms with van der Waals surface area (Å²) in [5, 5.41) is 7.10. The fraction of sp³-hybridized carbons (Fsp3) is 0.562. The molecule has 1 atom stereocenters. The topological polar surface area (TPSA) is 44.4 Å². The summed E-state index contributed by atoms with van der Waals surface area (Å²) >= 11 is 6.39. The number of amides is 1. The Morgan fingerprint density at radius 3 is 2.90 bits per heavy atom. The Morgan fingerprint density at radius 1 is 1.48 bits per heavy atom. The van der Waals surface area contributed by atoms with Crippen molar-refractivity contribution in [2.24, 2.45) is 0 Å². The van der Waals surface area contributed by atoms with Gasteiger partial charge < -0.3 is 15.5 Å². The van der Waals surface area contributed by atoms with Crippen molar-refractivity contribution in [2.45, 2.75) is 45.8 Å². The van der Waals surface area contributed by atoms with Crippen molar-refractivity contribution in [3.8, 4) is 0 Å². The summed E-state index contributed by atoms with van der Waals surface area (Å²) in [5.74, 6) is 0.103. The van der Waals surface area contributed by atoms with Crippen LogP contribution in [0, 0.1) is 0 Å². The van der Waals surface area contributed by atoms with Crippen molar-refractivity contribution in [3.05, 3.63) is 28.8 Å². The van der Waals surface area contributed by atoms with Crippen molar-refractivity contribution < 1.29 is 4.79 Å². The molecule has 1 heterocycles. The maximum atomic E-state index is 12.1. The van der Waals surface area contributed by atoms with E-state index in [0.29, 0.717) is 19.1 Å². The third kappa shape index (κ3) is 3.69. The van der Waals surface area contributed by atoms with Crippen LogP contribution in [-0.4, -0.2) is 31.1 Å². The number of hydrogen-bond acceptors (Lipinski definition) is 3. The van der Waals surface area contributed by atoms with Crippen LogP contribution in [0.3, 0.4) is 0 Å². The second kappa shape index (κ2) is 7.14. The fourth-order valence-electron chi connectivity index (χ4n) is 2.71. The largest absolute Gasteiger partial charge is 0.357 e. The SMILES string of the molecule is CCC1C(=O)NCCN1c1cccc(Cl)c1CNC(C)C. The zero-order valence-electron chi connectivity index (χ0n) is 12.9. The van der Waals surface area contributed by atoms with Crippen molar-refractivity contribution >= 4 is 23.2 Å². The Hall–Kier alpha value is -1.26. The fourth-order valence-corrected chi connectivity index (χ4v) is 2.94. The molecule has 1 aliphatic heterocycles. The summed E-state index contributed by atoms with van der Waals surface area (Å²) in [6, 6.07) is 6.20. The Bertz CT molecular complexity index is 504. The third-order valence-corrected chi connectivity index (χ3v) is 4.16. The summed E-state index contributed by atoms with van der Waals surface area (Å²) in [7, 11) is 0. The van der Waals surface area contributed by atoms with E-state index < -0.39 is 0 Å². The lowest BCUT2D eigenvalue weighted by Gasteiger charge is -2.37. The molecule has 1 unspecified atom stereocenters. The van der Waals surface area contributed by atoms with Gasteiger partial charge in [0.15, 0.2) is 0 Å². The summed E-state index contributed by atoms with van der Waals surface area (Å²) in [6.45, 7) is 8.47. The molecule has 5 heteroatoms. The quantitative estimate of drug-likeness (QED) is 0.878. The predicted molar refractivity (Wildman–Crippen MR) is 87.9 cm³/mol. The molecule has 4 nitrogen and oxygen atoms in total. The number of rotatable bonds is 5. The lowest BCUT2D eigenvalue weighted by Crippen LogP contribution is -2.55. The van der Waals surface area contributed by atoms with Gasteiger partial charge in [0.25, 0.3) is 0 Å². The first-order valence-corrected chi connectivity index (χ1v) is 7.97. The van der Waals surface area contributed by atoms with E-state index in [-0.39, 0.29) is 11.9 Å². The van der Waals surface area contributed by atoms with Gasteiger partial charge in [0.2, 0.25) is 5.91 Å². The molecule has 1 amide bonds. The highest BCUT2D eigenvalue weighted by Crippen LogP contribution is 2.30. The van der Waals surface area contributed by atoms with E-state index in [2.05, 4.69) is 35.4 Å². The van der Waals surface area contributed by atoms with Crippen LogP contribution in [0.2, 0.25) is 5.02 Å². The minimum atomic E-state index is -0.116. The molecule has 0 spiro atoms. The molecule has 0 saturated carbocycles. The first-order chi connectivity index (χ1) is 10.0. The van der Waals surface area contributed by atoms with Gasteiger partial charge in [-0.3, -0.25) is 4.79 Å². The number of anilines is 1. The molecule has 2 rings (SSSR count). The number of carbonyl (C=O) groups is 1. The summed E-state index contributed by atoms with van der Waals surface area (Å²) in [5.41, 5.74) is 2.14. The summed E-state index contributed by atoms with van der Waals surface area (Å²) in [4.78, 5) is 14.3. The molecular weight excluding hydrogens is 286 g/mol. The van der Waals surface area contributed by atoms with Gasteiger partial charge in [0.05, 0.1) is 0 Å². The minimum absolute atomic E-state index is 0.103. The first kappa shape index (κ1) is 16.1. The zero-order chi connectivity index (χ0) is 15.4. The van der Waals surface area contributed by atoms with Crippen LogP contribution in [0.1, 0.15) is 32.8 Å². The maximum Gasteiger partial charge on any atom is 0.242 e. The van der Waals surface area contributed by atoms with Crippen LogP contribution in [0.25, 0.3) is 0 Å². The number of nitrogens with zero attached hydrogens (tertiary/aromatic N) is 1. The second-order valence-electron chi connectivity index (χ2n) is 5.68. The van der Waals surface area contributed by atoms with Crippen LogP contribution in [0.4, 0.5) is 5.69 Å². The molecule has 1 fully saturated rings. The van der Waals surface area contributed by atoms with Gasteiger partial charge in [-0.05, 0) is 18.6 Å². The van der Waals surface area contributed by atoms with E-state index in [1.165, 1.54) is 0 Å². The maximum absolute atomic E-state index is 12.1. The third-order valence-electron chi connectivity index (χ3n) is 3.81. The molecule has 116 valence electrons. The molecule has 1 aromatic rings. The molecule has 2 N–H and O–H groups in total. The Balaban J connectivity index is 2.33. The van der Waals surface area contributed by atoms with E-state index in [1.54, 1.807) is 0 Å².